The molecule has 1 unspecified atom stereocenters. The maximum absolute atomic E-state index is 4.25. The predicted octanol–water partition coefficient (Wildman–Crippen LogP) is 2.05. The van der Waals surface area contributed by atoms with Gasteiger partial charge in [-0.1, -0.05) is 13.8 Å². The zero-order chi connectivity index (χ0) is 9.11. The lowest BCUT2D eigenvalue weighted by Crippen LogP contribution is -2.16. The first-order chi connectivity index (χ1) is 5.31. The van der Waals surface area contributed by atoms with E-state index in [2.05, 4.69) is 17.0 Å². The van der Waals surface area contributed by atoms with Crippen LogP contribution in [0, 0.1) is 0 Å². The SMILES string of the molecule is CC.CC1CCCN1.COC. The topological polar surface area (TPSA) is 21.3 Å². The van der Waals surface area contributed by atoms with Crippen LogP contribution in [0.5, 0.6) is 0 Å². The maximum Gasteiger partial charge on any atom is 0.0351 e. The van der Waals surface area contributed by atoms with Crippen LogP contribution in [0.15, 0.2) is 0 Å². The smallest absolute Gasteiger partial charge is 0.0351 e. The first kappa shape index (κ1) is 13.5. The van der Waals surface area contributed by atoms with Crippen LogP contribution in [0.2, 0.25) is 0 Å². The Kier molecular flexibility index (Phi) is 15.4. The first-order valence-electron chi connectivity index (χ1n) is 4.44. The third kappa shape index (κ3) is 13.0. The molecule has 1 atom stereocenters. The van der Waals surface area contributed by atoms with Gasteiger partial charge in [0.05, 0.1) is 0 Å². The Morgan fingerprint density at radius 2 is 1.73 bits per heavy atom. The minimum Gasteiger partial charge on any atom is -0.388 e. The zero-order valence-electron chi connectivity index (χ0n) is 8.61. The van der Waals surface area contributed by atoms with E-state index in [1.165, 1.54) is 19.4 Å². The monoisotopic (exact) mass is 161 g/mol. The van der Waals surface area contributed by atoms with E-state index in [0.29, 0.717) is 0 Å². The van der Waals surface area contributed by atoms with E-state index < -0.39 is 0 Å². The second-order valence-corrected chi connectivity index (χ2v) is 2.41. The van der Waals surface area contributed by atoms with Crippen LogP contribution in [0.3, 0.4) is 0 Å². The molecule has 70 valence electrons. The molecule has 1 saturated heterocycles. The van der Waals surface area contributed by atoms with Crippen molar-refractivity contribution in [3.05, 3.63) is 0 Å². The average Bonchev–Trinajstić information content (AvgIpc) is 2.46. The standard InChI is InChI=1S/C5H11N.C2H6O.C2H6/c1-5-3-2-4-6-5;1-3-2;1-2/h5-6H,2-4H2,1H3;1-2H3;1-2H3. The molecular weight excluding hydrogens is 138 g/mol. The molecule has 1 fully saturated rings. The fourth-order valence-electron chi connectivity index (χ4n) is 0.859. The van der Waals surface area contributed by atoms with Crippen LogP contribution in [0.1, 0.15) is 33.6 Å². The Morgan fingerprint density at radius 1 is 1.27 bits per heavy atom. The number of rotatable bonds is 0. The van der Waals surface area contributed by atoms with Crippen LogP contribution in [0.4, 0.5) is 0 Å². The summed E-state index contributed by atoms with van der Waals surface area (Å²) in [5.74, 6) is 0. The van der Waals surface area contributed by atoms with E-state index in [4.69, 9.17) is 0 Å². The highest BCUT2D eigenvalue weighted by Gasteiger charge is 2.05. The molecule has 0 radical (unpaired) electrons. The number of hydrogen-bond donors (Lipinski definition) is 1. The van der Waals surface area contributed by atoms with E-state index in [1.54, 1.807) is 14.2 Å². The zero-order valence-corrected chi connectivity index (χ0v) is 8.61. The molecule has 0 aromatic heterocycles. The van der Waals surface area contributed by atoms with Crippen molar-refractivity contribution < 1.29 is 4.74 Å². The van der Waals surface area contributed by atoms with Gasteiger partial charge in [-0.3, -0.25) is 0 Å². The van der Waals surface area contributed by atoms with Crippen molar-refractivity contribution in [2.24, 2.45) is 0 Å². The molecule has 2 heteroatoms. The molecular formula is C9H23NO. The van der Waals surface area contributed by atoms with Crippen LogP contribution in [-0.2, 0) is 4.74 Å². The number of hydrogen-bond acceptors (Lipinski definition) is 2. The number of nitrogens with one attached hydrogen (secondary N) is 1. The minimum absolute atomic E-state index is 0.796. The number of ether oxygens (including phenoxy) is 1. The lowest BCUT2D eigenvalue weighted by atomic mass is 10.3. The fourth-order valence-corrected chi connectivity index (χ4v) is 0.859. The summed E-state index contributed by atoms with van der Waals surface area (Å²) in [5.41, 5.74) is 0. The average molecular weight is 161 g/mol. The Balaban J connectivity index is 0. The van der Waals surface area contributed by atoms with E-state index in [9.17, 15) is 0 Å². The van der Waals surface area contributed by atoms with Gasteiger partial charge in [0.2, 0.25) is 0 Å². The highest BCUT2D eigenvalue weighted by Crippen LogP contribution is 2.01. The van der Waals surface area contributed by atoms with Gasteiger partial charge in [-0.25, -0.2) is 0 Å². The Hall–Kier alpha value is -0.0800. The molecule has 0 saturated carbocycles. The molecule has 0 bridgehead atoms. The van der Waals surface area contributed by atoms with Crippen molar-refractivity contribution in [3.63, 3.8) is 0 Å². The second-order valence-electron chi connectivity index (χ2n) is 2.41. The van der Waals surface area contributed by atoms with Gasteiger partial charge in [-0.05, 0) is 26.3 Å². The van der Waals surface area contributed by atoms with Gasteiger partial charge in [-0.15, -0.1) is 0 Å². The van der Waals surface area contributed by atoms with Crippen LogP contribution in [-0.4, -0.2) is 26.8 Å². The van der Waals surface area contributed by atoms with Crippen molar-refractivity contribution in [3.8, 4) is 0 Å². The quantitative estimate of drug-likeness (QED) is 0.587. The maximum atomic E-state index is 4.25. The van der Waals surface area contributed by atoms with Gasteiger partial charge >= 0.3 is 0 Å². The molecule has 1 rings (SSSR count). The van der Waals surface area contributed by atoms with E-state index in [1.807, 2.05) is 13.8 Å². The van der Waals surface area contributed by atoms with Crippen LogP contribution >= 0.6 is 0 Å². The molecule has 0 aromatic carbocycles. The van der Waals surface area contributed by atoms with Crippen LogP contribution < -0.4 is 5.32 Å². The molecule has 1 aliphatic heterocycles. The molecule has 0 amide bonds. The fraction of sp³-hybridized carbons (Fsp3) is 1.00. The van der Waals surface area contributed by atoms with Gasteiger partial charge in [0.15, 0.2) is 0 Å². The van der Waals surface area contributed by atoms with Gasteiger partial charge in [0.1, 0.15) is 0 Å². The van der Waals surface area contributed by atoms with Crippen molar-refractivity contribution in [1.82, 2.24) is 5.32 Å². The molecule has 1 aliphatic rings. The molecule has 0 aliphatic carbocycles. The molecule has 1 heterocycles. The first-order valence-corrected chi connectivity index (χ1v) is 4.44. The van der Waals surface area contributed by atoms with Gasteiger partial charge in [0, 0.05) is 20.3 Å². The van der Waals surface area contributed by atoms with Crippen molar-refractivity contribution in [2.45, 2.75) is 39.7 Å². The third-order valence-corrected chi connectivity index (χ3v) is 1.31. The minimum atomic E-state index is 0.796. The highest BCUT2D eigenvalue weighted by molar-refractivity contribution is 4.67. The Bertz CT molecular complexity index is 51.5. The largest absolute Gasteiger partial charge is 0.388 e. The molecule has 11 heavy (non-hydrogen) atoms. The van der Waals surface area contributed by atoms with Crippen molar-refractivity contribution in [1.29, 1.82) is 0 Å². The summed E-state index contributed by atoms with van der Waals surface area (Å²) in [6.07, 6.45) is 2.75. The predicted molar refractivity (Wildman–Crippen MR) is 51.0 cm³/mol. The summed E-state index contributed by atoms with van der Waals surface area (Å²) in [6.45, 7) is 7.47. The number of methoxy groups -OCH3 is 1. The highest BCUT2D eigenvalue weighted by atomic mass is 16.4. The van der Waals surface area contributed by atoms with Gasteiger partial charge < -0.3 is 10.1 Å². The summed E-state index contributed by atoms with van der Waals surface area (Å²) in [4.78, 5) is 0. The van der Waals surface area contributed by atoms with Crippen LogP contribution in [0.25, 0.3) is 0 Å². The molecule has 0 aromatic rings. The summed E-state index contributed by atoms with van der Waals surface area (Å²) < 4.78 is 4.25. The summed E-state index contributed by atoms with van der Waals surface area (Å²) in [6, 6.07) is 0.796. The molecule has 2 nitrogen and oxygen atoms in total. The molecule has 1 N–H and O–H groups in total. The molecule has 0 spiro atoms. The second kappa shape index (κ2) is 12.6. The van der Waals surface area contributed by atoms with Gasteiger partial charge in [0.25, 0.3) is 0 Å². The normalized spacial score (nSPS) is 21.0. The summed E-state index contributed by atoms with van der Waals surface area (Å²) >= 11 is 0. The summed E-state index contributed by atoms with van der Waals surface area (Å²) in [5, 5.41) is 3.32. The lowest BCUT2D eigenvalue weighted by molar-refractivity contribution is 0.277. The van der Waals surface area contributed by atoms with Crippen molar-refractivity contribution in [2.75, 3.05) is 20.8 Å². The lowest BCUT2D eigenvalue weighted by Gasteiger charge is -1.95. The Labute approximate surface area is 71.3 Å². The van der Waals surface area contributed by atoms with E-state index in [0.717, 1.165) is 6.04 Å². The van der Waals surface area contributed by atoms with E-state index >= 15 is 0 Å². The third-order valence-electron chi connectivity index (χ3n) is 1.31. The van der Waals surface area contributed by atoms with Crippen molar-refractivity contribution >= 4 is 0 Å². The van der Waals surface area contributed by atoms with E-state index in [-0.39, 0.29) is 0 Å². The summed E-state index contributed by atoms with van der Waals surface area (Å²) in [7, 11) is 3.25. The van der Waals surface area contributed by atoms with Gasteiger partial charge in [-0.2, -0.15) is 0 Å². The Morgan fingerprint density at radius 3 is 1.82 bits per heavy atom.